The second-order valence-electron chi connectivity index (χ2n) is 11.1. The first-order chi connectivity index (χ1) is 19.0. The van der Waals surface area contributed by atoms with Crippen molar-refractivity contribution in [3.8, 4) is 22.8 Å². The predicted octanol–water partition coefficient (Wildman–Crippen LogP) is 6.34. The average Bonchev–Trinajstić information content (AvgIpc) is 2.94. The molecule has 2 heterocycles. The van der Waals surface area contributed by atoms with Crippen LogP contribution < -0.4 is 9.47 Å². The Kier molecular flexibility index (Phi) is 9.11. The first kappa shape index (κ1) is 29.5. The highest BCUT2D eigenvalue weighted by Gasteiger charge is 2.29. The van der Waals surface area contributed by atoms with Crippen LogP contribution in [0.3, 0.4) is 0 Å². The molecular weight excluding hydrogens is 511 g/mol. The van der Waals surface area contributed by atoms with Crippen molar-refractivity contribution in [3.05, 3.63) is 76.7 Å². The number of carbonyl (C=O) groups is 1. The van der Waals surface area contributed by atoms with E-state index in [1.807, 2.05) is 24.3 Å². The number of aliphatic hydroxyl groups is 1. The number of methoxy groups -OCH3 is 1. The van der Waals surface area contributed by atoms with Crippen LogP contribution in [0.1, 0.15) is 75.5 Å². The highest BCUT2D eigenvalue weighted by Crippen LogP contribution is 2.40. The van der Waals surface area contributed by atoms with Crippen molar-refractivity contribution < 1.29 is 28.9 Å². The third-order valence-electron chi connectivity index (χ3n) is 7.74. The third kappa shape index (κ3) is 6.29. The van der Waals surface area contributed by atoms with Crippen LogP contribution in [-0.2, 0) is 17.8 Å². The highest BCUT2D eigenvalue weighted by atomic mass is 19.1. The molecular formula is C32H39FN2O5. The summed E-state index contributed by atoms with van der Waals surface area (Å²) in [5, 5.41) is 19.9. The van der Waals surface area contributed by atoms with E-state index in [0.717, 1.165) is 22.3 Å². The number of pyridine rings is 1. The van der Waals surface area contributed by atoms with Gasteiger partial charge in [0.15, 0.2) is 0 Å². The zero-order valence-corrected chi connectivity index (χ0v) is 24.0. The third-order valence-corrected chi connectivity index (χ3v) is 7.74. The number of hydrogen-bond acceptors (Lipinski definition) is 6. The van der Waals surface area contributed by atoms with Crippen LogP contribution in [0.15, 0.2) is 48.7 Å². The molecule has 7 nitrogen and oxygen atoms in total. The number of hydrogen-bond donors (Lipinski definition) is 2. The topological polar surface area (TPSA) is 92.1 Å². The fourth-order valence-corrected chi connectivity index (χ4v) is 5.34. The zero-order chi connectivity index (χ0) is 29.1. The second-order valence-corrected chi connectivity index (χ2v) is 11.1. The molecule has 0 aliphatic carbocycles. The molecule has 3 atom stereocenters. The molecule has 1 aliphatic heterocycles. The lowest BCUT2D eigenvalue weighted by molar-refractivity contribution is -0.145. The molecule has 0 saturated heterocycles. The van der Waals surface area contributed by atoms with E-state index >= 15 is 4.39 Å². The number of aliphatic carboxylic acids is 1. The molecule has 0 spiro atoms. The van der Waals surface area contributed by atoms with Crippen LogP contribution in [0.2, 0.25) is 0 Å². The molecule has 0 radical (unpaired) electrons. The summed E-state index contributed by atoms with van der Waals surface area (Å²) in [6, 6.07) is 13.0. The first-order valence-electron chi connectivity index (χ1n) is 13.8. The van der Waals surface area contributed by atoms with Crippen molar-refractivity contribution in [1.29, 1.82) is 0 Å². The Bertz CT molecular complexity index is 1350. The number of aromatic nitrogens is 1. The molecule has 1 unspecified atom stereocenters. The normalized spacial score (nSPS) is 16.5. The van der Waals surface area contributed by atoms with Crippen LogP contribution in [0.25, 0.3) is 11.1 Å². The molecule has 0 amide bonds. The van der Waals surface area contributed by atoms with Crippen molar-refractivity contribution in [2.24, 2.45) is 5.92 Å². The molecule has 3 aromatic rings. The van der Waals surface area contributed by atoms with Gasteiger partial charge in [0.25, 0.3) is 0 Å². The summed E-state index contributed by atoms with van der Waals surface area (Å²) in [6.45, 7) is 10.7. The minimum absolute atomic E-state index is 0.282. The van der Waals surface area contributed by atoms with Gasteiger partial charge in [0.05, 0.1) is 19.1 Å². The van der Waals surface area contributed by atoms with Gasteiger partial charge < -0.3 is 19.7 Å². The van der Waals surface area contributed by atoms with Crippen molar-refractivity contribution in [3.63, 3.8) is 0 Å². The van der Waals surface area contributed by atoms with E-state index in [2.05, 4.69) is 37.6 Å². The molecule has 2 aromatic carbocycles. The van der Waals surface area contributed by atoms with Gasteiger partial charge in [-0.3, -0.25) is 9.69 Å². The van der Waals surface area contributed by atoms with Gasteiger partial charge in [-0.05, 0) is 99.5 Å². The molecule has 214 valence electrons. The van der Waals surface area contributed by atoms with Gasteiger partial charge >= 0.3 is 5.97 Å². The largest absolute Gasteiger partial charge is 0.485 e. The van der Waals surface area contributed by atoms with Gasteiger partial charge in [-0.25, -0.2) is 9.37 Å². The molecule has 2 N–H and O–H groups in total. The van der Waals surface area contributed by atoms with Crippen LogP contribution in [-0.4, -0.2) is 45.3 Å². The van der Waals surface area contributed by atoms with E-state index in [1.54, 1.807) is 31.5 Å². The van der Waals surface area contributed by atoms with E-state index < -0.39 is 24.1 Å². The van der Waals surface area contributed by atoms with Gasteiger partial charge in [-0.1, -0.05) is 12.1 Å². The van der Waals surface area contributed by atoms with Gasteiger partial charge in [-0.2, -0.15) is 0 Å². The number of ether oxygens (including phenoxy) is 2. The maximum absolute atomic E-state index is 15.9. The van der Waals surface area contributed by atoms with Gasteiger partial charge in [0.2, 0.25) is 5.88 Å². The van der Waals surface area contributed by atoms with Crippen LogP contribution >= 0.6 is 0 Å². The molecule has 0 fully saturated rings. The number of fused-ring (bicyclic) bond motifs is 1. The lowest BCUT2D eigenvalue weighted by Crippen LogP contribution is -2.36. The zero-order valence-electron chi connectivity index (χ0n) is 24.0. The molecule has 4 rings (SSSR count). The Morgan fingerprint density at radius 1 is 1.12 bits per heavy atom. The van der Waals surface area contributed by atoms with E-state index in [4.69, 9.17) is 9.47 Å². The Morgan fingerprint density at radius 3 is 2.50 bits per heavy atom. The second kappa shape index (κ2) is 12.4. The standard InChI is InChI=1S/C32H39FN2O5/c1-18(2)35(19(3)4)17-24-13-26(27(33)16-25(24)22-11-12-34-30(15-22)39-6)28-10-9-21-7-8-23(14-29(21)40-28)31(36)20(5)32(37)38/h7-8,11-16,18-20,28,31,36H,9-10,17H2,1-6H3,(H,37,38)/t20-,28?,31+/m0/s1. The molecule has 0 bridgehead atoms. The van der Waals surface area contributed by atoms with Gasteiger partial charge in [0.1, 0.15) is 17.7 Å². The fourth-order valence-electron chi connectivity index (χ4n) is 5.34. The molecule has 40 heavy (non-hydrogen) atoms. The molecule has 1 aliphatic rings. The Hall–Kier alpha value is -3.49. The maximum Gasteiger partial charge on any atom is 0.309 e. The number of aryl methyl sites for hydroxylation is 1. The average molecular weight is 551 g/mol. The summed E-state index contributed by atoms with van der Waals surface area (Å²) in [7, 11) is 1.56. The number of carboxylic acids is 1. The monoisotopic (exact) mass is 550 g/mol. The van der Waals surface area contributed by atoms with E-state index in [1.165, 1.54) is 6.92 Å². The van der Waals surface area contributed by atoms with E-state index in [0.29, 0.717) is 42.1 Å². The highest BCUT2D eigenvalue weighted by molar-refractivity contribution is 5.71. The van der Waals surface area contributed by atoms with Crippen LogP contribution in [0.5, 0.6) is 11.6 Å². The fraction of sp³-hybridized carbons (Fsp3) is 0.438. The summed E-state index contributed by atoms with van der Waals surface area (Å²) in [4.78, 5) is 18.0. The number of nitrogens with zero attached hydrogens (tertiary/aromatic N) is 2. The van der Waals surface area contributed by atoms with E-state index in [-0.39, 0.29) is 17.9 Å². The van der Waals surface area contributed by atoms with Crippen molar-refractivity contribution in [1.82, 2.24) is 9.88 Å². The van der Waals surface area contributed by atoms with Crippen LogP contribution in [0, 0.1) is 11.7 Å². The molecule has 0 saturated carbocycles. The minimum Gasteiger partial charge on any atom is -0.485 e. The van der Waals surface area contributed by atoms with Gasteiger partial charge in [-0.15, -0.1) is 0 Å². The minimum atomic E-state index is -1.18. The number of aliphatic hydroxyl groups excluding tert-OH is 1. The summed E-state index contributed by atoms with van der Waals surface area (Å²) in [5.74, 6) is -1.41. The summed E-state index contributed by atoms with van der Waals surface area (Å²) in [6.07, 6.45) is 1.22. The lowest BCUT2D eigenvalue weighted by atomic mass is 9.90. The Balaban J connectivity index is 1.73. The Morgan fingerprint density at radius 2 is 1.85 bits per heavy atom. The van der Waals surface area contributed by atoms with Crippen molar-refractivity contribution >= 4 is 5.97 Å². The van der Waals surface area contributed by atoms with Gasteiger partial charge in [0, 0.05) is 36.5 Å². The lowest BCUT2D eigenvalue weighted by Gasteiger charge is -2.32. The van der Waals surface area contributed by atoms with Crippen molar-refractivity contribution in [2.75, 3.05) is 7.11 Å². The summed E-state index contributed by atoms with van der Waals surface area (Å²) in [5.41, 5.74) is 4.45. The molecule has 8 heteroatoms. The maximum atomic E-state index is 15.9. The number of halogens is 1. The van der Waals surface area contributed by atoms with Crippen molar-refractivity contribution in [2.45, 2.75) is 78.3 Å². The Labute approximate surface area is 235 Å². The number of carboxylic acid groups (broad SMARTS) is 1. The quantitative estimate of drug-likeness (QED) is 0.305. The SMILES string of the molecule is COc1cc(-c2cc(F)c(C3CCc4ccc([C@H](O)[C@H](C)C(=O)O)cc4O3)cc2CN(C(C)C)C(C)C)ccn1. The smallest absolute Gasteiger partial charge is 0.309 e. The number of benzene rings is 2. The number of rotatable bonds is 10. The summed E-state index contributed by atoms with van der Waals surface area (Å²) < 4.78 is 27.5. The van der Waals surface area contributed by atoms with E-state index in [9.17, 15) is 15.0 Å². The predicted molar refractivity (Wildman–Crippen MR) is 152 cm³/mol. The molecule has 1 aromatic heterocycles. The summed E-state index contributed by atoms with van der Waals surface area (Å²) >= 11 is 0. The first-order valence-corrected chi connectivity index (χ1v) is 13.8. The van der Waals surface area contributed by atoms with Crippen LogP contribution in [0.4, 0.5) is 4.39 Å².